The molecule has 2 amide bonds. The fraction of sp³-hybridized carbons (Fsp3) is 0.188. The van der Waals surface area contributed by atoms with E-state index in [9.17, 15) is 15.0 Å². The largest absolute Gasteiger partial charge is 0.504 e. The minimum atomic E-state index is -2.14. The summed E-state index contributed by atoms with van der Waals surface area (Å²) in [6, 6.07) is 49.4. The summed E-state index contributed by atoms with van der Waals surface area (Å²) >= 11 is 0. The molecule has 0 aromatic heterocycles. The van der Waals surface area contributed by atoms with E-state index in [0.717, 1.165) is 38.9 Å². The molecule has 5 N–H and O–H groups in total. The average molecular weight is 760 g/mol. The van der Waals surface area contributed by atoms with Gasteiger partial charge >= 0.3 is 5.97 Å². The number of carbonyl (C=O) groups is 3. The van der Waals surface area contributed by atoms with Crippen LogP contribution in [0.2, 0.25) is 0 Å². The first-order valence-electron chi connectivity index (χ1n) is 19.1. The van der Waals surface area contributed by atoms with E-state index in [1.54, 1.807) is 6.07 Å². The molecule has 0 saturated carbocycles. The summed E-state index contributed by atoms with van der Waals surface area (Å²) in [7, 11) is 1.51. The first kappa shape index (κ1) is 38.6. The molecule has 1 aliphatic rings. The smallest absolute Gasteiger partial charge is 0.336 e. The van der Waals surface area contributed by atoms with Crippen molar-refractivity contribution < 1.29 is 29.3 Å². The van der Waals surface area contributed by atoms with Gasteiger partial charge in [-0.05, 0) is 69.5 Å². The molecule has 0 heterocycles. The van der Waals surface area contributed by atoms with Crippen molar-refractivity contribution in [2.75, 3.05) is 20.2 Å². The highest BCUT2D eigenvalue weighted by atomic mass is 16.5. The van der Waals surface area contributed by atoms with E-state index in [1.165, 1.54) is 19.2 Å². The summed E-state index contributed by atoms with van der Waals surface area (Å²) < 4.78 is 6.38. The van der Waals surface area contributed by atoms with E-state index in [-0.39, 0.29) is 55.7 Å². The number of hydrogen-bond acceptors (Lipinski definition) is 7. The monoisotopic (exact) mass is 759 g/mol. The number of phenols is 2. The summed E-state index contributed by atoms with van der Waals surface area (Å²) in [5.41, 5.74) is 3.64. The molecule has 0 saturated heterocycles. The van der Waals surface area contributed by atoms with E-state index < -0.39 is 23.0 Å². The molecule has 0 bridgehead atoms. The Morgan fingerprint density at radius 2 is 1.16 bits per heavy atom. The van der Waals surface area contributed by atoms with Crippen molar-refractivity contribution in [2.24, 2.45) is 0 Å². The molecular formula is C48H45N3O6. The molecule has 288 valence electrons. The Bertz CT molecular complexity index is 2210. The van der Waals surface area contributed by atoms with Gasteiger partial charge in [0.1, 0.15) is 6.61 Å². The summed E-state index contributed by atoms with van der Waals surface area (Å²) in [6.07, 6.45) is -0.151. The number of aromatic hydroxyl groups is 2. The molecule has 6 aromatic rings. The van der Waals surface area contributed by atoms with Crippen molar-refractivity contribution >= 4 is 17.8 Å². The highest BCUT2D eigenvalue weighted by Gasteiger charge is 2.54. The molecule has 0 unspecified atom stereocenters. The van der Waals surface area contributed by atoms with E-state index in [0.29, 0.717) is 5.56 Å². The van der Waals surface area contributed by atoms with Gasteiger partial charge in [-0.2, -0.15) is 0 Å². The molecule has 0 spiro atoms. The second kappa shape index (κ2) is 17.0. The van der Waals surface area contributed by atoms with Gasteiger partial charge in [-0.25, -0.2) is 4.79 Å². The quantitative estimate of drug-likeness (QED) is 0.0331. The number of ether oxygens (including phenoxy) is 1. The SMILES string of the molecule is CNC(=O)CC[C@](NC(c1ccccc1)(c1ccccc1)c1ccccc1)(C(=O)NCCc1ccc(O)c(O)c1)C(=O)OCC1c2ccccc2-c2ccccc21. The lowest BCUT2D eigenvalue weighted by molar-refractivity contribution is -0.158. The number of fused-ring (bicyclic) bond motifs is 3. The van der Waals surface area contributed by atoms with Crippen molar-refractivity contribution in [3.63, 3.8) is 0 Å². The number of phenolic OH excluding ortho intramolecular Hbond substituents is 2. The topological polar surface area (TPSA) is 137 Å². The lowest BCUT2D eigenvalue weighted by Crippen LogP contribution is -2.68. The van der Waals surface area contributed by atoms with Crippen LogP contribution in [0.15, 0.2) is 158 Å². The van der Waals surface area contributed by atoms with Crippen molar-refractivity contribution in [2.45, 2.75) is 36.3 Å². The van der Waals surface area contributed by atoms with E-state index in [2.05, 4.69) is 28.1 Å². The zero-order valence-electron chi connectivity index (χ0n) is 31.7. The predicted molar refractivity (Wildman–Crippen MR) is 220 cm³/mol. The fourth-order valence-electron chi connectivity index (χ4n) is 7.92. The molecule has 0 aliphatic heterocycles. The van der Waals surface area contributed by atoms with Crippen LogP contribution >= 0.6 is 0 Å². The van der Waals surface area contributed by atoms with Crippen LogP contribution in [0.4, 0.5) is 0 Å². The van der Waals surface area contributed by atoms with Gasteiger partial charge in [-0.3, -0.25) is 14.9 Å². The number of esters is 1. The predicted octanol–water partition coefficient (Wildman–Crippen LogP) is 6.96. The first-order chi connectivity index (χ1) is 27.8. The number of benzene rings is 6. The lowest BCUT2D eigenvalue weighted by atomic mass is 9.74. The Balaban J connectivity index is 1.36. The maximum atomic E-state index is 15.3. The first-order valence-corrected chi connectivity index (χ1v) is 19.1. The fourth-order valence-corrected chi connectivity index (χ4v) is 7.92. The van der Waals surface area contributed by atoms with Crippen LogP contribution in [-0.4, -0.2) is 53.7 Å². The zero-order valence-corrected chi connectivity index (χ0v) is 31.7. The number of hydrogen-bond donors (Lipinski definition) is 5. The third kappa shape index (κ3) is 7.75. The summed E-state index contributed by atoms with van der Waals surface area (Å²) in [5, 5.41) is 29.3. The van der Waals surface area contributed by atoms with Crippen LogP contribution in [0.25, 0.3) is 11.1 Å². The molecule has 9 nitrogen and oxygen atoms in total. The average Bonchev–Trinajstić information content (AvgIpc) is 3.58. The van der Waals surface area contributed by atoms with Gasteiger partial charge in [-0.15, -0.1) is 0 Å². The van der Waals surface area contributed by atoms with Crippen molar-refractivity contribution in [1.29, 1.82) is 0 Å². The van der Waals surface area contributed by atoms with Crippen molar-refractivity contribution in [3.05, 3.63) is 191 Å². The van der Waals surface area contributed by atoms with Crippen LogP contribution in [0.5, 0.6) is 11.5 Å². The lowest BCUT2D eigenvalue weighted by Gasteiger charge is -2.44. The zero-order chi connectivity index (χ0) is 39.8. The molecule has 1 atom stereocenters. The number of nitrogens with one attached hydrogen (secondary N) is 3. The van der Waals surface area contributed by atoms with Gasteiger partial charge in [-0.1, -0.05) is 146 Å². The van der Waals surface area contributed by atoms with Crippen LogP contribution in [0.3, 0.4) is 0 Å². The molecule has 0 radical (unpaired) electrons. The van der Waals surface area contributed by atoms with Gasteiger partial charge < -0.3 is 25.6 Å². The van der Waals surface area contributed by atoms with Gasteiger partial charge in [0.15, 0.2) is 17.0 Å². The Hall–Kier alpha value is -6.71. The van der Waals surface area contributed by atoms with Gasteiger partial charge in [0.05, 0.1) is 5.54 Å². The van der Waals surface area contributed by atoms with Crippen LogP contribution in [0, 0.1) is 0 Å². The summed E-state index contributed by atoms with van der Waals surface area (Å²) in [5.74, 6) is -2.69. The highest BCUT2D eigenvalue weighted by molar-refractivity contribution is 6.08. The van der Waals surface area contributed by atoms with Gasteiger partial charge in [0.25, 0.3) is 5.91 Å². The molecule has 7 rings (SSSR count). The van der Waals surface area contributed by atoms with E-state index >= 15 is 9.59 Å². The van der Waals surface area contributed by atoms with Crippen LogP contribution < -0.4 is 16.0 Å². The number of amides is 2. The maximum Gasteiger partial charge on any atom is 0.336 e. The third-order valence-electron chi connectivity index (χ3n) is 10.8. The molecule has 9 heteroatoms. The molecule has 1 aliphatic carbocycles. The minimum Gasteiger partial charge on any atom is -0.504 e. The van der Waals surface area contributed by atoms with Crippen LogP contribution in [-0.2, 0) is 31.1 Å². The normalized spacial score (nSPS) is 13.1. The Labute approximate surface area is 332 Å². The minimum absolute atomic E-state index is 0.0503. The van der Waals surface area contributed by atoms with Gasteiger partial charge in [0.2, 0.25) is 5.91 Å². The van der Waals surface area contributed by atoms with Crippen LogP contribution in [0.1, 0.15) is 52.1 Å². The maximum absolute atomic E-state index is 15.3. The van der Waals surface area contributed by atoms with Crippen molar-refractivity contribution in [1.82, 2.24) is 16.0 Å². The second-order valence-electron chi connectivity index (χ2n) is 14.2. The van der Waals surface area contributed by atoms with E-state index in [1.807, 2.05) is 127 Å². The number of rotatable bonds is 15. The molecule has 57 heavy (non-hydrogen) atoms. The molecular weight excluding hydrogens is 715 g/mol. The third-order valence-corrected chi connectivity index (χ3v) is 10.8. The Morgan fingerprint density at radius 3 is 1.67 bits per heavy atom. The van der Waals surface area contributed by atoms with Gasteiger partial charge in [0, 0.05) is 25.9 Å². The highest BCUT2D eigenvalue weighted by Crippen LogP contribution is 2.45. The molecule has 6 aromatic carbocycles. The Morgan fingerprint density at radius 1 is 0.649 bits per heavy atom. The molecule has 0 fully saturated rings. The number of carbonyl (C=O) groups excluding carboxylic acids is 3. The van der Waals surface area contributed by atoms with Crippen molar-refractivity contribution in [3.8, 4) is 22.6 Å². The standard InChI is InChI=1S/C48H45N3O6/c1-49-44(54)27-29-47(45(55)50-30-28-33-25-26-42(52)43(53)31-33,46(56)57-32-41-39-23-13-11-21-37(39)38-22-12-14-24-40(38)41)51-48(34-15-5-2-6-16-34,35-17-7-3-8-18-35)36-19-9-4-10-20-36/h2-26,31,41,51-53H,27-30,32H2,1H3,(H,49,54)(H,50,55)/t47-/m0/s1. The summed E-state index contributed by atoms with van der Waals surface area (Å²) in [4.78, 5) is 43.6. The summed E-state index contributed by atoms with van der Waals surface area (Å²) in [6.45, 7) is 0.0173. The van der Waals surface area contributed by atoms with E-state index in [4.69, 9.17) is 4.74 Å². The Kier molecular flexibility index (Phi) is 11.5. The second-order valence-corrected chi connectivity index (χ2v) is 14.2.